The molecular weight excluding hydrogens is 200 g/mol. The van der Waals surface area contributed by atoms with Crippen molar-refractivity contribution in [2.75, 3.05) is 0 Å². The van der Waals surface area contributed by atoms with Crippen LogP contribution in [0.2, 0.25) is 0 Å². The van der Waals surface area contributed by atoms with Gasteiger partial charge in [0.15, 0.2) is 11.3 Å². The summed E-state index contributed by atoms with van der Waals surface area (Å²) in [6, 6.07) is 2.70. The van der Waals surface area contributed by atoms with Crippen molar-refractivity contribution < 1.29 is 19.7 Å². The first-order chi connectivity index (χ1) is 7.02. The molecule has 0 aliphatic carbocycles. The zero-order chi connectivity index (χ0) is 11.2. The maximum absolute atomic E-state index is 11.1. The number of hydrogen-bond acceptors (Lipinski definition) is 5. The summed E-state index contributed by atoms with van der Waals surface area (Å²) in [7, 11) is 0. The molecule has 0 aliphatic rings. The van der Waals surface area contributed by atoms with Crippen LogP contribution in [0.25, 0.3) is 11.0 Å². The molecule has 1 heterocycles. The van der Waals surface area contributed by atoms with Crippen LogP contribution in [0.15, 0.2) is 21.3 Å². The lowest BCUT2D eigenvalue weighted by Crippen LogP contribution is -2.00. The van der Waals surface area contributed by atoms with Crippen molar-refractivity contribution in [2.45, 2.75) is 6.92 Å². The van der Waals surface area contributed by atoms with Gasteiger partial charge in [0.1, 0.15) is 0 Å². The number of phenolic OH excluding ortho intramolecular Hbond substituents is 2. The molecule has 0 spiro atoms. The number of fused-ring (bicyclic) bond motifs is 1. The SMILES string of the molecule is Cc1c(O)c(=O)oc2c(O)c(O)ccc12. The summed E-state index contributed by atoms with van der Waals surface area (Å²) in [6.45, 7) is 1.52. The molecule has 5 nitrogen and oxygen atoms in total. The summed E-state index contributed by atoms with van der Waals surface area (Å²) in [5.41, 5.74) is -0.771. The van der Waals surface area contributed by atoms with Crippen LogP contribution in [0.1, 0.15) is 5.56 Å². The summed E-state index contributed by atoms with van der Waals surface area (Å²) in [6.07, 6.45) is 0. The number of aryl methyl sites for hydroxylation is 1. The van der Waals surface area contributed by atoms with E-state index in [1.807, 2.05) is 0 Å². The van der Waals surface area contributed by atoms with Gasteiger partial charge in [0.05, 0.1) is 0 Å². The fourth-order valence-electron chi connectivity index (χ4n) is 1.38. The van der Waals surface area contributed by atoms with E-state index in [1.165, 1.54) is 19.1 Å². The minimum Gasteiger partial charge on any atom is -0.504 e. The Bertz CT molecular complexity index is 597. The molecule has 1 aromatic heterocycles. The monoisotopic (exact) mass is 208 g/mol. The Balaban J connectivity index is 3.05. The molecule has 1 aromatic carbocycles. The van der Waals surface area contributed by atoms with Gasteiger partial charge in [-0.1, -0.05) is 0 Å². The normalized spacial score (nSPS) is 10.7. The molecule has 5 heteroatoms. The molecule has 15 heavy (non-hydrogen) atoms. The summed E-state index contributed by atoms with van der Waals surface area (Å²) >= 11 is 0. The Morgan fingerprint density at radius 2 is 1.80 bits per heavy atom. The lowest BCUT2D eigenvalue weighted by molar-refractivity contribution is 0.389. The third-order valence-electron chi connectivity index (χ3n) is 2.26. The fraction of sp³-hybridized carbons (Fsp3) is 0.100. The Kier molecular flexibility index (Phi) is 1.82. The van der Waals surface area contributed by atoms with Crippen molar-refractivity contribution >= 4 is 11.0 Å². The number of rotatable bonds is 0. The molecule has 3 N–H and O–H groups in total. The molecule has 0 bridgehead atoms. The van der Waals surface area contributed by atoms with Gasteiger partial charge in [-0.05, 0) is 19.1 Å². The van der Waals surface area contributed by atoms with Crippen molar-refractivity contribution in [3.05, 3.63) is 28.1 Å². The summed E-state index contributed by atoms with van der Waals surface area (Å²) in [4.78, 5) is 11.1. The molecule has 2 aromatic rings. The van der Waals surface area contributed by atoms with E-state index >= 15 is 0 Å². The molecule has 0 saturated carbocycles. The summed E-state index contributed by atoms with van der Waals surface area (Å²) in [5, 5.41) is 28.3. The smallest absolute Gasteiger partial charge is 0.379 e. The fourth-order valence-corrected chi connectivity index (χ4v) is 1.38. The minimum atomic E-state index is -0.944. The van der Waals surface area contributed by atoms with Crippen molar-refractivity contribution in [3.8, 4) is 17.2 Å². The van der Waals surface area contributed by atoms with E-state index < -0.39 is 17.1 Å². The van der Waals surface area contributed by atoms with Gasteiger partial charge in [0, 0.05) is 10.9 Å². The van der Waals surface area contributed by atoms with E-state index in [0.29, 0.717) is 10.9 Å². The molecule has 2 rings (SSSR count). The van der Waals surface area contributed by atoms with E-state index in [1.54, 1.807) is 0 Å². The predicted octanol–water partition coefficient (Wildman–Crippen LogP) is 1.22. The highest BCUT2D eigenvalue weighted by Gasteiger charge is 2.14. The molecule has 0 aliphatic heterocycles. The third kappa shape index (κ3) is 1.20. The number of hydrogen-bond donors (Lipinski definition) is 3. The Labute approximate surface area is 83.8 Å². The highest BCUT2D eigenvalue weighted by atomic mass is 16.4. The topological polar surface area (TPSA) is 90.9 Å². The van der Waals surface area contributed by atoms with Crippen LogP contribution < -0.4 is 5.63 Å². The first-order valence-electron chi connectivity index (χ1n) is 4.19. The lowest BCUT2D eigenvalue weighted by atomic mass is 10.1. The van der Waals surface area contributed by atoms with Crippen molar-refractivity contribution in [3.63, 3.8) is 0 Å². The molecule has 0 saturated heterocycles. The second kappa shape index (κ2) is 2.91. The van der Waals surface area contributed by atoms with Gasteiger partial charge in [-0.2, -0.15) is 0 Å². The molecule has 0 unspecified atom stereocenters. The Hall–Kier alpha value is -2.17. The first-order valence-corrected chi connectivity index (χ1v) is 4.19. The van der Waals surface area contributed by atoms with Crippen LogP contribution >= 0.6 is 0 Å². The van der Waals surface area contributed by atoms with E-state index in [9.17, 15) is 20.1 Å². The number of benzene rings is 1. The van der Waals surface area contributed by atoms with Crippen LogP contribution in [0.5, 0.6) is 17.2 Å². The molecule has 0 fully saturated rings. The molecule has 0 atom stereocenters. The van der Waals surface area contributed by atoms with Crippen LogP contribution in [0.4, 0.5) is 0 Å². The average molecular weight is 208 g/mol. The minimum absolute atomic E-state index is 0.129. The van der Waals surface area contributed by atoms with E-state index in [4.69, 9.17) is 0 Å². The highest BCUT2D eigenvalue weighted by Crippen LogP contribution is 2.35. The largest absolute Gasteiger partial charge is 0.504 e. The number of phenols is 2. The Morgan fingerprint density at radius 1 is 1.13 bits per heavy atom. The van der Waals surface area contributed by atoms with E-state index in [0.717, 1.165) is 0 Å². The predicted molar refractivity (Wildman–Crippen MR) is 52.2 cm³/mol. The molecule has 78 valence electrons. The average Bonchev–Trinajstić information content (AvgIpc) is 2.21. The molecular formula is C10H8O5. The maximum Gasteiger partial charge on any atom is 0.379 e. The maximum atomic E-state index is 11.1. The molecule has 0 radical (unpaired) electrons. The number of aromatic hydroxyl groups is 3. The van der Waals surface area contributed by atoms with Gasteiger partial charge in [-0.3, -0.25) is 0 Å². The van der Waals surface area contributed by atoms with Crippen LogP contribution in [0.3, 0.4) is 0 Å². The van der Waals surface area contributed by atoms with Gasteiger partial charge >= 0.3 is 5.63 Å². The van der Waals surface area contributed by atoms with Gasteiger partial charge < -0.3 is 19.7 Å². The molecule has 0 amide bonds. The summed E-state index contributed by atoms with van der Waals surface area (Å²) < 4.78 is 4.67. The standard InChI is InChI=1S/C10H8O5/c1-4-5-2-3-6(11)8(13)9(5)15-10(14)7(4)12/h2-3,11-13H,1H3. The second-order valence-corrected chi connectivity index (χ2v) is 3.17. The van der Waals surface area contributed by atoms with Crippen molar-refractivity contribution in [1.29, 1.82) is 0 Å². The van der Waals surface area contributed by atoms with Crippen LogP contribution in [-0.4, -0.2) is 15.3 Å². The van der Waals surface area contributed by atoms with Gasteiger partial charge in [0.25, 0.3) is 0 Å². The van der Waals surface area contributed by atoms with Crippen molar-refractivity contribution in [1.82, 2.24) is 0 Å². The highest BCUT2D eigenvalue weighted by molar-refractivity contribution is 5.88. The first kappa shape index (κ1) is 9.39. The van der Waals surface area contributed by atoms with Gasteiger partial charge in [-0.25, -0.2) is 4.79 Å². The third-order valence-corrected chi connectivity index (χ3v) is 2.26. The zero-order valence-corrected chi connectivity index (χ0v) is 7.81. The van der Waals surface area contributed by atoms with Gasteiger partial charge in [0.2, 0.25) is 11.5 Å². The van der Waals surface area contributed by atoms with Gasteiger partial charge in [-0.15, -0.1) is 0 Å². The van der Waals surface area contributed by atoms with Crippen LogP contribution in [0, 0.1) is 6.92 Å². The van der Waals surface area contributed by atoms with E-state index in [-0.39, 0.29) is 11.3 Å². The zero-order valence-electron chi connectivity index (χ0n) is 7.81. The van der Waals surface area contributed by atoms with Crippen LogP contribution in [-0.2, 0) is 0 Å². The van der Waals surface area contributed by atoms with E-state index in [2.05, 4.69) is 4.42 Å². The quantitative estimate of drug-likeness (QED) is 0.447. The lowest BCUT2D eigenvalue weighted by Gasteiger charge is -2.05. The van der Waals surface area contributed by atoms with Crippen molar-refractivity contribution in [2.24, 2.45) is 0 Å². The second-order valence-electron chi connectivity index (χ2n) is 3.17. The summed E-state index contributed by atoms with van der Waals surface area (Å²) in [5.74, 6) is -1.38. The Morgan fingerprint density at radius 3 is 2.47 bits per heavy atom.